The molecule has 3 heterocycles. The van der Waals surface area contributed by atoms with E-state index in [2.05, 4.69) is 15.3 Å². The summed E-state index contributed by atoms with van der Waals surface area (Å²) in [6.07, 6.45) is 6.87. The van der Waals surface area contributed by atoms with Crippen LogP contribution in [0.4, 0.5) is 0 Å². The molecule has 1 atom stereocenters. The zero-order valence-electron chi connectivity index (χ0n) is 14.0. The van der Waals surface area contributed by atoms with Crippen molar-refractivity contribution in [2.75, 3.05) is 0 Å². The Kier molecular flexibility index (Phi) is 4.61. The predicted molar refractivity (Wildman–Crippen MR) is 98.1 cm³/mol. The fourth-order valence-corrected chi connectivity index (χ4v) is 3.52. The zero-order valence-corrected chi connectivity index (χ0v) is 14.8. The zero-order chi connectivity index (χ0) is 18.1. The van der Waals surface area contributed by atoms with Crippen molar-refractivity contribution >= 4 is 23.2 Å². The van der Waals surface area contributed by atoms with Crippen molar-refractivity contribution in [3.63, 3.8) is 0 Å². The first-order chi connectivity index (χ1) is 12.6. The van der Waals surface area contributed by atoms with E-state index in [1.807, 2.05) is 18.2 Å². The molecule has 1 aliphatic rings. The van der Waals surface area contributed by atoms with Crippen molar-refractivity contribution in [1.29, 1.82) is 0 Å². The van der Waals surface area contributed by atoms with Gasteiger partial charge in [0.2, 0.25) is 0 Å². The highest BCUT2D eigenvalue weighted by molar-refractivity contribution is 6.30. The van der Waals surface area contributed by atoms with Gasteiger partial charge in [-0.1, -0.05) is 17.7 Å². The third-order valence-corrected chi connectivity index (χ3v) is 5.06. The number of pyridine rings is 2. The highest BCUT2D eigenvalue weighted by atomic mass is 35.5. The maximum atomic E-state index is 12.7. The lowest BCUT2D eigenvalue weighted by molar-refractivity contribution is 0.0237. The number of halogens is 1. The number of aliphatic hydroxyl groups excluding tert-OH is 1. The van der Waals surface area contributed by atoms with Gasteiger partial charge >= 0.3 is 0 Å². The number of hydrogen-bond acceptors (Lipinski definition) is 4. The van der Waals surface area contributed by atoms with Crippen LogP contribution in [0.15, 0.2) is 48.9 Å². The summed E-state index contributed by atoms with van der Waals surface area (Å²) in [4.78, 5) is 21.4. The number of hydrogen-bond donors (Lipinski definition) is 2. The molecule has 7 heteroatoms. The van der Waals surface area contributed by atoms with E-state index in [0.29, 0.717) is 35.6 Å². The Bertz CT molecular complexity index is 922. The van der Waals surface area contributed by atoms with Crippen molar-refractivity contribution in [3.8, 4) is 0 Å². The molecular weight excluding hydrogens is 352 g/mol. The topological polar surface area (TPSA) is 79.5 Å². The SMILES string of the molecule is O=C(NC(Cc1ccccn1)C1CC(O)C1)c1cn2cc(Cl)ccc2n1. The summed E-state index contributed by atoms with van der Waals surface area (Å²) in [7, 11) is 0. The van der Waals surface area contributed by atoms with E-state index in [0.717, 1.165) is 5.69 Å². The molecule has 2 N–H and O–H groups in total. The highest BCUT2D eigenvalue weighted by Gasteiger charge is 2.35. The summed E-state index contributed by atoms with van der Waals surface area (Å²) < 4.78 is 1.73. The molecule has 3 aromatic heterocycles. The molecule has 1 fully saturated rings. The lowest BCUT2D eigenvalue weighted by Crippen LogP contribution is -2.48. The van der Waals surface area contributed by atoms with Crippen molar-refractivity contribution < 1.29 is 9.90 Å². The monoisotopic (exact) mass is 370 g/mol. The van der Waals surface area contributed by atoms with Gasteiger partial charge in [0.05, 0.1) is 11.1 Å². The second-order valence-corrected chi connectivity index (χ2v) is 7.17. The highest BCUT2D eigenvalue weighted by Crippen LogP contribution is 2.31. The van der Waals surface area contributed by atoms with E-state index >= 15 is 0 Å². The van der Waals surface area contributed by atoms with Crippen LogP contribution >= 0.6 is 11.6 Å². The van der Waals surface area contributed by atoms with Crippen LogP contribution in [-0.4, -0.2) is 37.5 Å². The van der Waals surface area contributed by atoms with Crippen LogP contribution in [0.25, 0.3) is 5.65 Å². The first kappa shape index (κ1) is 17.0. The Morgan fingerprint density at radius 1 is 1.31 bits per heavy atom. The van der Waals surface area contributed by atoms with E-state index in [1.165, 1.54) is 0 Å². The van der Waals surface area contributed by atoms with Gasteiger partial charge in [0.1, 0.15) is 11.3 Å². The van der Waals surface area contributed by atoms with Crippen molar-refractivity contribution in [1.82, 2.24) is 19.7 Å². The van der Waals surface area contributed by atoms with Crippen LogP contribution in [0.2, 0.25) is 5.02 Å². The molecule has 0 aromatic carbocycles. The maximum absolute atomic E-state index is 12.7. The number of aromatic nitrogens is 3. The fraction of sp³-hybridized carbons (Fsp3) is 0.316. The molecule has 134 valence electrons. The standard InChI is InChI=1S/C19H19ClN4O2/c20-13-4-5-18-22-17(11-24(18)10-13)19(26)23-16(12-7-15(25)8-12)9-14-3-1-2-6-21-14/h1-6,10-12,15-16,25H,7-9H2,(H,23,26). The molecule has 1 unspecified atom stereocenters. The summed E-state index contributed by atoms with van der Waals surface area (Å²) >= 11 is 5.98. The number of rotatable bonds is 5. The van der Waals surface area contributed by atoms with E-state index in [1.54, 1.807) is 35.1 Å². The number of amides is 1. The second kappa shape index (κ2) is 7.05. The smallest absolute Gasteiger partial charge is 0.271 e. The Labute approximate surface area is 155 Å². The van der Waals surface area contributed by atoms with Crippen molar-refractivity contribution in [3.05, 3.63) is 65.3 Å². The normalized spacial score (nSPS) is 20.5. The molecule has 0 radical (unpaired) electrons. The summed E-state index contributed by atoms with van der Waals surface area (Å²) in [6, 6.07) is 9.17. The first-order valence-corrected chi connectivity index (χ1v) is 8.99. The summed E-state index contributed by atoms with van der Waals surface area (Å²) in [5.74, 6) is 0.00887. The van der Waals surface area contributed by atoms with Crippen molar-refractivity contribution in [2.24, 2.45) is 5.92 Å². The minimum absolute atomic E-state index is 0.0887. The van der Waals surface area contributed by atoms with E-state index in [4.69, 9.17) is 11.6 Å². The molecule has 1 saturated carbocycles. The van der Waals surface area contributed by atoms with Gasteiger partial charge in [-0.15, -0.1) is 0 Å². The lowest BCUT2D eigenvalue weighted by Gasteiger charge is -2.37. The van der Waals surface area contributed by atoms with Gasteiger partial charge in [0.15, 0.2) is 0 Å². The number of nitrogens with one attached hydrogen (secondary N) is 1. The Hall–Kier alpha value is -2.44. The average molecular weight is 371 g/mol. The maximum Gasteiger partial charge on any atom is 0.271 e. The van der Waals surface area contributed by atoms with E-state index in [9.17, 15) is 9.90 Å². The van der Waals surface area contributed by atoms with Crippen LogP contribution in [0.1, 0.15) is 29.0 Å². The van der Waals surface area contributed by atoms with Gasteiger partial charge in [-0.05, 0) is 43.0 Å². The van der Waals surface area contributed by atoms with Gasteiger partial charge in [-0.2, -0.15) is 0 Å². The van der Waals surface area contributed by atoms with Gasteiger partial charge in [-0.3, -0.25) is 9.78 Å². The minimum Gasteiger partial charge on any atom is -0.393 e. The Morgan fingerprint density at radius 3 is 2.88 bits per heavy atom. The van der Waals surface area contributed by atoms with E-state index in [-0.39, 0.29) is 24.0 Å². The average Bonchev–Trinajstić information content (AvgIpc) is 3.02. The molecule has 4 rings (SSSR count). The molecular formula is C19H19ClN4O2. The lowest BCUT2D eigenvalue weighted by atomic mass is 9.76. The number of fused-ring (bicyclic) bond motifs is 1. The third-order valence-electron chi connectivity index (χ3n) is 4.84. The number of nitrogens with zero attached hydrogens (tertiary/aromatic N) is 3. The number of carbonyl (C=O) groups is 1. The number of imidazole rings is 1. The quantitative estimate of drug-likeness (QED) is 0.723. The molecule has 1 aliphatic carbocycles. The third kappa shape index (κ3) is 3.57. The largest absolute Gasteiger partial charge is 0.393 e. The minimum atomic E-state index is -0.277. The summed E-state index contributed by atoms with van der Waals surface area (Å²) in [5.41, 5.74) is 1.93. The molecule has 6 nitrogen and oxygen atoms in total. The molecule has 3 aromatic rings. The van der Waals surface area contributed by atoms with Gasteiger partial charge in [-0.25, -0.2) is 4.98 Å². The Morgan fingerprint density at radius 2 is 2.15 bits per heavy atom. The molecule has 0 bridgehead atoms. The molecule has 1 amide bonds. The first-order valence-electron chi connectivity index (χ1n) is 8.61. The van der Waals surface area contributed by atoms with Crippen molar-refractivity contribution in [2.45, 2.75) is 31.4 Å². The molecule has 0 aliphatic heterocycles. The number of carbonyl (C=O) groups excluding carboxylic acids is 1. The van der Waals surface area contributed by atoms with E-state index < -0.39 is 0 Å². The van der Waals surface area contributed by atoms with Gasteiger partial charge in [0.25, 0.3) is 5.91 Å². The fourth-order valence-electron chi connectivity index (χ4n) is 3.35. The van der Waals surface area contributed by atoms with Crippen LogP contribution < -0.4 is 5.32 Å². The summed E-state index contributed by atoms with van der Waals surface area (Å²) in [5, 5.41) is 13.3. The van der Waals surface area contributed by atoms with Gasteiger partial charge < -0.3 is 14.8 Å². The van der Waals surface area contributed by atoms with Crippen LogP contribution in [0.3, 0.4) is 0 Å². The Balaban J connectivity index is 1.52. The van der Waals surface area contributed by atoms with Gasteiger partial charge in [0, 0.05) is 36.7 Å². The molecule has 0 spiro atoms. The van der Waals surface area contributed by atoms with Crippen LogP contribution in [0.5, 0.6) is 0 Å². The number of aliphatic hydroxyl groups is 1. The van der Waals surface area contributed by atoms with Crippen LogP contribution in [-0.2, 0) is 6.42 Å². The van der Waals surface area contributed by atoms with Crippen LogP contribution in [0, 0.1) is 5.92 Å². The second-order valence-electron chi connectivity index (χ2n) is 6.73. The molecule has 26 heavy (non-hydrogen) atoms. The predicted octanol–water partition coefficient (Wildman–Crippen LogP) is 2.49. The molecule has 0 saturated heterocycles. The summed E-state index contributed by atoms with van der Waals surface area (Å²) in [6.45, 7) is 0.